The van der Waals surface area contributed by atoms with Gasteiger partial charge >= 0.3 is 0 Å². The van der Waals surface area contributed by atoms with Gasteiger partial charge in [0.05, 0.1) is 15.1 Å². The Kier molecular flexibility index (Phi) is 5.11. The summed E-state index contributed by atoms with van der Waals surface area (Å²) in [7, 11) is -3.29. The molecule has 0 saturated carbocycles. The van der Waals surface area contributed by atoms with Gasteiger partial charge in [-0.3, -0.25) is 9.69 Å². The second-order valence-corrected chi connectivity index (χ2v) is 9.60. The molecule has 0 bridgehead atoms. The van der Waals surface area contributed by atoms with Crippen LogP contribution in [0, 0.1) is 5.92 Å². The van der Waals surface area contributed by atoms with E-state index in [0.717, 1.165) is 16.5 Å². The molecule has 1 aromatic heterocycles. The van der Waals surface area contributed by atoms with Crippen LogP contribution in [0.2, 0.25) is 0 Å². The molecule has 0 aliphatic heterocycles. The standard InChI is InChI=1S/C19H20N2O3S2/c1-13(2)12-21(19-20-16-6-4-5-7-17(16)25-19)18(22)14-8-10-15(11-9-14)26(3,23)24/h4-11,13H,12H2,1-3H3. The Morgan fingerprint density at radius 1 is 1.12 bits per heavy atom. The number of hydrogen-bond acceptors (Lipinski definition) is 5. The smallest absolute Gasteiger partial charge is 0.260 e. The van der Waals surface area contributed by atoms with Crippen LogP contribution in [0.15, 0.2) is 53.4 Å². The number of hydrogen-bond donors (Lipinski definition) is 0. The Morgan fingerprint density at radius 3 is 2.35 bits per heavy atom. The number of rotatable bonds is 5. The maximum Gasteiger partial charge on any atom is 0.260 e. The fraction of sp³-hybridized carbons (Fsp3) is 0.263. The van der Waals surface area contributed by atoms with Crippen LogP contribution in [0.5, 0.6) is 0 Å². The second kappa shape index (κ2) is 7.17. The van der Waals surface area contributed by atoms with Crippen LogP contribution >= 0.6 is 11.3 Å². The number of anilines is 1. The van der Waals surface area contributed by atoms with Crippen LogP contribution in [0.25, 0.3) is 10.2 Å². The molecule has 3 aromatic rings. The molecule has 5 nitrogen and oxygen atoms in total. The summed E-state index contributed by atoms with van der Waals surface area (Å²) in [5, 5.41) is 0.650. The third kappa shape index (κ3) is 3.94. The van der Waals surface area contributed by atoms with Crippen LogP contribution in [-0.2, 0) is 9.84 Å². The number of carbonyl (C=O) groups excluding carboxylic acids is 1. The molecule has 7 heteroatoms. The Bertz CT molecular complexity index is 1010. The van der Waals surface area contributed by atoms with Crippen LogP contribution in [0.1, 0.15) is 24.2 Å². The largest absolute Gasteiger partial charge is 0.284 e. The highest BCUT2D eigenvalue weighted by molar-refractivity contribution is 7.90. The molecule has 0 fully saturated rings. The minimum absolute atomic E-state index is 0.183. The molecule has 3 rings (SSSR count). The average molecular weight is 389 g/mol. The maximum absolute atomic E-state index is 13.1. The van der Waals surface area contributed by atoms with Crippen molar-refractivity contribution in [1.29, 1.82) is 0 Å². The second-order valence-electron chi connectivity index (χ2n) is 6.57. The fourth-order valence-corrected chi connectivity index (χ4v) is 4.19. The van der Waals surface area contributed by atoms with E-state index < -0.39 is 9.84 Å². The molecule has 0 unspecified atom stereocenters. The molecule has 1 amide bonds. The number of para-hydroxylation sites is 1. The van der Waals surface area contributed by atoms with Crippen molar-refractivity contribution in [3.63, 3.8) is 0 Å². The summed E-state index contributed by atoms with van der Waals surface area (Å²) in [6.07, 6.45) is 1.15. The lowest BCUT2D eigenvalue weighted by atomic mass is 10.1. The highest BCUT2D eigenvalue weighted by Gasteiger charge is 2.22. The lowest BCUT2D eigenvalue weighted by Gasteiger charge is -2.22. The van der Waals surface area contributed by atoms with Gasteiger partial charge in [-0.2, -0.15) is 0 Å². The van der Waals surface area contributed by atoms with Gasteiger partial charge in [-0.05, 0) is 42.3 Å². The zero-order chi connectivity index (χ0) is 18.9. The van der Waals surface area contributed by atoms with Gasteiger partial charge in [0, 0.05) is 18.4 Å². The Balaban J connectivity index is 1.98. The SMILES string of the molecule is CC(C)CN(C(=O)c1ccc(S(C)(=O)=O)cc1)c1nc2ccccc2s1. The first kappa shape index (κ1) is 18.5. The molecule has 1 heterocycles. The molecule has 0 spiro atoms. The monoisotopic (exact) mass is 388 g/mol. The van der Waals surface area contributed by atoms with Gasteiger partial charge in [0.1, 0.15) is 0 Å². The zero-order valence-electron chi connectivity index (χ0n) is 14.8. The van der Waals surface area contributed by atoms with E-state index in [4.69, 9.17) is 0 Å². The average Bonchev–Trinajstić information content (AvgIpc) is 3.02. The number of nitrogens with zero attached hydrogens (tertiary/aromatic N) is 2. The number of carbonyl (C=O) groups is 1. The molecule has 0 aliphatic carbocycles. The van der Waals surface area contributed by atoms with E-state index in [1.807, 2.05) is 38.1 Å². The number of sulfone groups is 1. The summed E-state index contributed by atoms with van der Waals surface area (Å²) in [6.45, 7) is 4.62. The summed E-state index contributed by atoms with van der Waals surface area (Å²) < 4.78 is 24.2. The number of fused-ring (bicyclic) bond motifs is 1. The van der Waals surface area contributed by atoms with Crippen LogP contribution in [0.4, 0.5) is 5.13 Å². The molecule has 136 valence electrons. The number of aromatic nitrogens is 1. The van der Waals surface area contributed by atoms with E-state index in [9.17, 15) is 13.2 Å². The van der Waals surface area contributed by atoms with Gasteiger partial charge < -0.3 is 0 Å². The summed E-state index contributed by atoms with van der Waals surface area (Å²) in [5.41, 5.74) is 1.30. The van der Waals surface area contributed by atoms with Crippen molar-refractivity contribution in [1.82, 2.24) is 4.98 Å². The van der Waals surface area contributed by atoms with Gasteiger partial charge in [0.2, 0.25) is 0 Å². The Labute approximate surface area is 157 Å². The molecule has 0 atom stereocenters. The topological polar surface area (TPSA) is 67.3 Å². The van der Waals surface area contributed by atoms with E-state index >= 15 is 0 Å². The summed E-state index contributed by atoms with van der Waals surface area (Å²) in [5.74, 6) is 0.0825. The first-order valence-corrected chi connectivity index (χ1v) is 10.9. The van der Waals surface area contributed by atoms with Crippen molar-refractivity contribution >= 4 is 42.4 Å². The van der Waals surface area contributed by atoms with Crippen molar-refractivity contribution in [2.75, 3.05) is 17.7 Å². The molecule has 2 aromatic carbocycles. The van der Waals surface area contributed by atoms with Crippen LogP contribution in [0.3, 0.4) is 0 Å². The highest BCUT2D eigenvalue weighted by atomic mass is 32.2. The minimum atomic E-state index is -3.29. The molecule has 0 N–H and O–H groups in total. The van der Waals surface area contributed by atoms with Crippen molar-refractivity contribution in [3.05, 3.63) is 54.1 Å². The van der Waals surface area contributed by atoms with Crippen molar-refractivity contribution in [3.8, 4) is 0 Å². The Hall–Kier alpha value is -2.25. The molecular weight excluding hydrogens is 368 g/mol. The summed E-state index contributed by atoms with van der Waals surface area (Å²) in [4.78, 5) is 19.5. The number of thiazole rings is 1. The Morgan fingerprint density at radius 2 is 1.77 bits per heavy atom. The van der Waals surface area contributed by atoms with Gasteiger partial charge in [-0.25, -0.2) is 13.4 Å². The summed E-state index contributed by atoms with van der Waals surface area (Å²) in [6, 6.07) is 13.8. The van der Waals surface area contributed by atoms with E-state index in [2.05, 4.69) is 4.98 Å². The van der Waals surface area contributed by atoms with E-state index in [1.54, 1.807) is 17.0 Å². The lowest BCUT2D eigenvalue weighted by molar-refractivity contribution is 0.0984. The van der Waals surface area contributed by atoms with Crippen LogP contribution < -0.4 is 4.90 Å². The highest BCUT2D eigenvalue weighted by Crippen LogP contribution is 2.30. The first-order valence-electron chi connectivity index (χ1n) is 8.23. The minimum Gasteiger partial charge on any atom is -0.284 e. The third-order valence-electron chi connectivity index (χ3n) is 3.84. The first-order chi connectivity index (χ1) is 12.3. The normalized spacial score (nSPS) is 11.8. The lowest BCUT2D eigenvalue weighted by Crippen LogP contribution is -2.34. The zero-order valence-corrected chi connectivity index (χ0v) is 16.5. The van der Waals surface area contributed by atoms with Crippen molar-refractivity contribution < 1.29 is 13.2 Å². The maximum atomic E-state index is 13.1. The predicted molar refractivity (Wildman–Crippen MR) is 106 cm³/mol. The molecular formula is C19H20N2O3S2. The van der Waals surface area contributed by atoms with Crippen LogP contribution in [-0.4, -0.2) is 32.1 Å². The predicted octanol–water partition coefficient (Wildman–Crippen LogP) is 4.00. The quantitative estimate of drug-likeness (QED) is 0.662. The van der Waals surface area contributed by atoms with Crippen molar-refractivity contribution in [2.24, 2.45) is 5.92 Å². The van der Waals surface area contributed by atoms with E-state index in [-0.39, 0.29) is 16.7 Å². The molecule has 0 radical (unpaired) electrons. The van der Waals surface area contributed by atoms with E-state index in [1.165, 1.54) is 23.5 Å². The number of benzene rings is 2. The summed E-state index contributed by atoms with van der Waals surface area (Å²) >= 11 is 1.48. The van der Waals surface area contributed by atoms with Gasteiger partial charge in [0.25, 0.3) is 5.91 Å². The fourth-order valence-electron chi connectivity index (χ4n) is 2.59. The van der Waals surface area contributed by atoms with Gasteiger partial charge in [-0.1, -0.05) is 37.3 Å². The molecule has 0 saturated heterocycles. The van der Waals surface area contributed by atoms with Gasteiger partial charge in [-0.15, -0.1) is 0 Å². The van der Waals surface area contributed by atoms with E-state index in [0.29, 0.717) is 17.2 Å². The molecule has 26 heavy (non-hydrogen) atoms. The van der Waals surface area contributed by atoms with Gasteiger partial charge in [0.15, 0.2) is 15.0 Å². The molecule has 0 aliphatic rings. The third-order valence-corrected chi connectivity index (χ3v) is 6.02. The van der Waals surface area contributed by atoms with Crippen molar-refractivity contribution in [2.45, 2.75) is 18.7 Å². The number of amides is 1.